The summed E-state index contributed by atoms with van der Waals surface area (Å²) in [5, 5.41) is 15.9. The van der Waals surface area contributed by atoms with E-state index in [1.54, 1.807) is 0 Å². The SMILES string of the molecule is NCCCON=C(C(=O)NC1C(=O)N2C(C(=O)O)=C(C[n+]3ccccc3)CSC12)c1nc(N)sc1Cl. The molecule has 1 saturated heterocycles. The number of hydrogen-bond acceptors (Lipinski definition) is 10. The van der Waals surface area contributed by atoms with Crippen LogP contribution in [0.5, 0.6) is 0 Å². The lowest BCUT2D eigenvalue weighted by Crippen LogP contribution is -2.71. The van der Waals surface area contributed by atoms with Gasteiger partial charge in [-0.2, -0.15) is 0 Å². The van der Waals surface area contributed by atoms with E-state index in [-0.39, 0.29) is 33.2 Å². The smallest absolute Gasteiger partial charge is 0.352 e. The molecule has 2 aromatic heterocycles. The van der Waals surface area contributed by atoms with Gasteiger partial charge in [-0.25, -0.2) is 14.3 Å². The molecule has 2 unspecified atom stereocenters. The molecule has 36 heavy (non-hydrogen) atoms. The van der Waals surface area contributed by atoms with Gasteiger partial charge in [0.2, 0.25) is 0 Å². The maximum absolute atomic E-state index is 13.1. The zero-order valence-corrected chi connectivity index (χ0v) is 21.2. The number of thiazole rings is 1. The van der Waals surface area contributed by atoms with Crippen molar-refractivity contribution in [3.05, 3.63) is 51.9 Å². The van der Waals surface area contributed by atoms with Crippen molar-refractivity contribution in [1.29, 1.82) is 0 Å². The Labute approximate surface area is 218 Å². The average molecular weight is 553 g/mol. The van der Waals surface area contributed by atoms with Crippen LogP contribution in [-0.4, -0.2) is 68.8 Å². The lowest BCUT2D eigenvalue weighted by atomic mass is 10.0. The van der Waals surface area contributed by atoms with Crippen molar-refractivity contribution in [2.24, 2.45) is 10.9 Å². The fourth-order valence-corrected chi connectivity index (χ4v) is 5.95. The first-order valence-electron chi connectivity index (χ1n) is 10.8. The summed E-state index contributed by atoms with van der Waals surface area (Å²) in [5.41, 5.74) is 11.5. The Morgan fingerprint density at radius 2 is 2.11 bits per heavy atom. The van der Waals surface area contributed by atoms with Gasteiger partial charge in [0.05, 0.1) is 0 Å². The number of halogens is 1. The molecule has 15 heteroatoms. The van der Waals surface area contributed by atoms with Gasteiger partial charge >= 0.3 is 5.97 Å². The number of carboxylic acids is 1. The third-order valence-corrected chi connectivity index (χ3v) is 7.75. The molecule has 2 amide bonds. The summed E-state index contributed by atoms with van der Waals surface area (Å²) in [5.74, 6) is -2.12. The Bertz CT molecular complexity index is 1240. The Balaban J connectivity index is 1.53. The van der Waals surface area contributed by atoms with Crippen LogP contribution in [0.15, 0.2) is 47.0 Å². The highest BCUT2D eigenvalue weighted by Crippen LogP contribution is 2.40. The molecular weight excluding hydrogens is 530 g/mol. The van der Waals surface area contributed by atoms with Gasteiger partial charge in [-0.1, -0.05) is 34.2 Å². The molecular formula is C21H23ClN7O5S2+. The third kappa shape index (κ3) is 5.31. The van der Waals surface area contributed by atoms with Crippen LogP contribution in [-0.2, 0) is 25.8 Å². The predicted octanol–water partition coefficient (Wildman–Crippen LogP) is 0.175. The van der Waals surface area contributed by atoms with Crippen LogP contribution in [0.25, 0.3) is 0 Å². The van der Waals surface area contributed by atoms with Crippen LogP contribution >= 0.6 is 34.7 Å². The molecule has 1 fully saturated rings. The van der Waals surface area contributed by atoms with E-state index in [0.29, 0.717) is 30.8 Å². The summed E-state index contributed by atoms with van der Waals surface area (Å²) in [7, 11) is 0. The first-order valence-corrected chi connectivity index (χ1v) is 13.0. The van der Waals surface area contributed by atoms with Gasteiger partial charge in [-0.3, -0.25) is 14.5 Å². The molecule has 2 aromatic rings. The highest BCUT2D eigenvalue weighted by molar-refractivity contribution is 8.00. The van der Waals surface area contributed by atoms with Crippen LogP contribution in [0.2, 0.25) is 4.34 Å². The molecule has 0 bridgehead atoms. The standard InChI is InChI=1S/C21H22ClN7O5S2/c22-16-12(26-21(24)36-16)13(27-34-8-4-5-23)17(30)25-14-18(31)29-15(20(32)33)11(10-35-19(14)29)9-28-6-2-1-3-7-28/h1-3,6-7,14,19H,4-5,8-10,23H2,(H3-,24,25,26,30,32,33)/p+1. The lowest BCUT2D eigenvalue weighted by Gasteiger charge is -2.49. The van der Waals surface area contributed by atoms with Crippen molar-refractivity contribution >= 4 is 63.3 Å². The lowest BCUT2D eigenvalue weighted by molar-refractivity contribution is -0.689. The first kappa shape index (κ1) is 25.9. The first-order chi connectivity index (χ1) is 17.3. The number of rotatable bonds is 10. The molecule has 4 heterocycles. The number of nitrogens with zero attached hydrogens (tertiary/aromatic N) is 4. The molecule has 190 valence electrons. The van der Waals surface area contributed by atoms with Crippen molar-refractivity contribution in [3.63, 3.8) is 0 Å². The van der Waals surface area contributed by atoms with Crippen molar-refractivity contribution < 1.29 is 28.9 Å². The van der Waals surface area contributed by atoms with E-state index < -0.39 is 29.2 Å². The second-order valence-corrected chi connectivity index (χ2v) is 10.5. The fourth-order valence-electron chi connectivity index (χ4n) is 3.69. The fraction of sp³-hybridized carbons (Fsp3) is 0.333. The number of nitrogens with two attached hydrogens (primary N) is 2. The van der Waals surface area contributed by atoms with E-state index in [2.05, 4.69) is 15.5 Å². The van der Waals surface area contributed by atoms with Crippen molar-refractivity contribution in [1.82, 2.24) is 15.2 Å². The normalized spacial score (nSPS) is 19.6. The number of carbonyl (C=O) groups excluding carboxylic acids is 2. The monoisotopic (exact) mass is 552 g/mol. The number of nitrogen functional groups attached to an aromatic ring is 1. The number of nitrogens with one attached hydrogen (secondary N) is 1. The van der Waals surface area contributed by atoms with Crippen molar-refractivity contribution in [2.45, 2.75) is 24.4 Å². The number of amides is 2. The van der Waals surface area contributed by atoms with E-state index >= 15 is 0 Å². The molecule has 0 aliphatic carbocycles. The number of carbonyl (C=O) groups is 3. The molecule has 2 atom stereocenters. The quantitative estimate of drug-likeness (QED) is 0.105. The minimum atomic E-state index is -1.20. The van der Waals surface area contributed by atoms with E-state index in [0.717, 1.165) is 11.3 Å². The average Bonchev–Trinajstić information content (AvgIpc) is 3.19. The minimum absolute atomic E-state index is 0.0256. The molecule has 0 spiro atoms. The van der Waals surface area contributed by atoms with Crippen LogP contribution in [0.1, 0.15) is 12.1 Å². The Morgan fingerprint density at radius 3 is 2.75 bits per heavy atom. The van der Waals surface area contributed by atoms with Crippen LogP contribution in [0.3, 0.4) is 0 Å². The number of oxime groups is 1. The number of pyridine rings is 1. The predicted molar refractivity (Wildman–Crippen MR) is 134 cm³/mol. The molecule has 6 N–H and O–H groups in total. The van der Waals surface area contributed by atoms with Crippen molar-refractivity contribution in [2.75, 3.05) is 24.6 Å². The van der Waals surface area contributed by atoms with Gasteiger partial charge in [-0.05, 0) is 13.0 Å². The summed E-state index contributed by atoms with van der Waals surface area (Å²) in [6.07, 6.45) is 4.14. The zero-order valence-electron chi connectivity index (χ0n) is 18.8. The van der Waals surface area contributed by atoms with Crippen LogP contribution < -0.4 is 21.4 Å². The zero-order chi connectivity index (χ0) is 25.8. The largest absolute Gasteiger partial charge is 0.477 e. The van der Waals surface area contributed by atoms with Gasteiger partial charge in [-0.15, -0.1) is 11.8 Å². The number of β-lactam (4-membered cyclic amide) rings is 1. The number of fused-ring (bicyclic) bond motifs is 1. The van der Waals surface area contributed by atoms with Crippen LogP contribution in [0, 0.1) is 0 Å². The summed E-state index contributed by atoms with van der Waals surface area (Å²) in [4.78, 5) is 48.7. The maximum Gasteiger partial charge on any atom is 0.352 e. The van der Waals surface area contributed by atoms with E-state index in [9.17, 15) is 19.5 Å². The number of thioether (sulfide) groups is 1. The highest BCUT2D eigenvalue weighted by Gasteiger charge is 2.54. The van der Waals surface area contributed by atoms with Gasteiger partial charge in [0, 0.05) is 23.5 Å². The summed E-state index contributed by atoms with van der Waals surface area (Å²) in [6, 6.07) is 4.56. The van der Waals surface area contributed by atoms with E-state index in [1.165, 1.54) is 16.7 Å². The Hall–Kier alpha value is -3.20. The number of hydrogen-bond donors (Lipinski definition) is 4. The van der Waals surface area contributed by atoms with Gasteiger partial charge < -0.3 is 26.7 Å². The highest BCUT2D eigenvalue weighted by atomic mass is 35.5. The third-order valence-electron chi connectivity index (χ3n) is 5.32. The van der Waals surface area contributed by atoms with Gasteiger partial charge in [0.15, 0.2) is 29.8 Å². The topological polar surface area (TPSA) is 177 Å². The molecule has 0 aromatic carbocycles. The number of anilines is 1. The minimum Gasteiger partial charge on any atom is -0.477 e. The number of carboxylic acid groups (broad SMARTS) is 1. The maximum atomic E-state index is 13.1. The molecule has 0 radical (unpaired) electrons. The van der Waals surface area contributed by atoms with E-state index in [4.69, 9.17) is 27.9 Å². The Kier molecular flexibility index (Phi) is 8.08. The van der Waals surface area contributed by atoms with Gasteiger partial charge in [0.1, 0.15) is 33.7 Å². The molecule has 12 nitrogen and oxygen atoms in total. The number of aromatic nitrogens is 2. The summed E-state index contributed by atoms with van der Waals surface area (Å²) in [6.45, 7) is 0.856. The van der Waals surface area contributed by atoms with Crippen molar-refractivity contribution in [3.8, 4) is 0 Å². The Morgan fingerprint density at radius 1 is 1.36 bits per heavy atom. The molecule has 2 aliphatic rings. The summed E-state index contributed by atoms with van der Waals surface area (Å²) < 4.78 is 1.97. The second-order valence-electron chi connectivity index (χ2n) is 7.76. The van der Waals surface area contributed by atoms with Gasteiger partial charge in [0.25, 0.3) is 11.8 Å². The number of aliphatic carboxylic acids is 1. The molecule has 4 rings (SSSR count). The van der Waals surface area contributed by atoms with E-state index in [1.807, 2.05) is 35.2 Å². The molecule has 2 aliphatic heterocycles. The summed E-state index contributed by atoms with van der Waals surface area (Å²) >= 11 is 8.50. The second kappa shape index (κ2) is 11.2. The molecule has 0 saturated carbocycles. The van der Waals surface area contributed by atoms with Crippen LogP contribution in [0.4, 0.5) is 5.13 Å².